The molecule has 1 heterocycles. The summed E-state index contributed by atoms with van der Waals surface area (Å²) >= 11 is 0. The van der Waals surface area contributed by atoms with Crippen LogP contribution in [0.2, 0.25) is 0 Å². The summed E-state index contributed by atoms with van der Waals surface area (Å²) in [6, 6.07) is 11.5. The first kappa shape index (κ1) is 14.6. The minimum absolute atomic E-state index is 0.333. The fraction of sp³-hybridized carbons (Fsp3) is 0.611. The number of benzene rings is 1. The average molecular weight is 287 g/mol. The van der Waals surface area contributed by atoms with Crippen LogP contribution in [0.3, 0.4) is 0 Å². The average Bonchev–Trinajstić information content (AvgIpc) is 2.96. The van der Waals surface area contributed by atoms with Crippen molar-refractivity contribution in [1.29, 1.82) is 0 Å². The van der Waals surface area contributed by atoms with Gasteiger partial charge in [0.05, 0.1) is 0 Å². The monoisotopic (exact) mass is 287 g/mol. The highest BCUT2D eigenvalue weighted by atomic mass is 16.4. The Morgan fingerprint density at radius 3 is 2.67 bits per heavy atom. The Kier molecular flexibility index (Phi) is 4.59. The van der Waals surface area contributed by atoms with Crippen molar-refractivity contribution in [2.75, 3.05) is 13.1 Å². The molecule has 1 saturated heterocycles. The predicted molar refractivity (Wildman–Crippen MR) is 83.4 cm³/mol. The van der Waals surface area contributed by atoms with E-state index < -0.39 is 5.97 Å². The number of likely N-dealkylation sites (tertiary alicyclic amines) is 1. The van der Waals surface area contributed by atoms with Crippen molar-refractivity contribution in [3.63, 3.8) is 0 Å². The lowest BCUT2D eigenvalue weighted by Gasteiger charge is -2.38. The third-order valence-corrected chi connectivity index (χ3v) is 5.21. The molecule has 1 aliphatic heterocycles. The molecule has 0 amide bonds. The van der Waals surface area contributed by atoms with E-state index in [4.69, 9.17) is 5.11 Å². The van der Waals surface area contributed by atoms with Crippen molar-refractivity contribution in [1.82, 2.24) is 4.90 Å². The minimum atomic E-state index is -0.648. The molecule has 0 radical (unpaired) electrons. The number of hydrogen-bond donors (Lipinski definition) is 1. The van der Waals surface area contributed by atoms with Crippen LogP contribution < -0.4 is 0 Å². The molecule has 1 aromatic rings. The van der Waals surface area contributed by atoms with E-state index in [1.165, 1.54) is 31.2 Å². The van der Waals surface area contributed by atoms with Crippen LogP contribution in [0.25, 0.3) is 0 Å². The lowest BCUT2D eigenvalue weighted by molar-refractivity contribution is -0.138. The fourth-order valence-corrected chi connectivity index (χ4v) is 4.21. The number of aliphatic carboxylic acids is 1. The van der Waals surface area contributed by atoms with Crippen molar-refractivity contribution in [3.05, 3.63) is 35.9 Å². The maximum Gasteiger partial charge on any atom is 0.303 e. The lowest BCUT2D eigenvalue weighted by Crippen LogP contribution is -2.40. The number of carboxylic acid groups (broad SMARTS) is 1. The Morgan fingerprint density at radius 1 is 1.14 bits per heavy atom. The van der Waals surface area contributed by atoms with Gasteiger partial charge in [-0.25, -0.2) is 0 Å². The van der Waals surface area contributed by atoms with Crippen LogP contribution in [0, 0.1) is 5.92 Å². The van der Waals surface area contributed by atoms with Crippen molar-refractivity contribution in [3.8, 4) is 0 Å². The second-order valence-corrected chi connectivity index (χ2v) is 6.62. The quantitative estimate of drug-likeness (QED) is 0.921. The molecule has 21 heavy (non-hydrogen) atoms. The first-order chi connectivity index (χ1) is 10.2. The molecule has 1 saturated carbocycles. The molecule has 3 rings (SSSR count). The van der Waals surface area contributed by atoms with Crippen LogP contribution in [0.1, 0.15) is 50.0 Å². The van der Waals surface area contributed by atoms with Gasteiger partial charge in [0.1, 0.15) is 0 Å². The van der Waals surface area contributed by atoms with Crippen LogP contribution in [-0.2, 0) is 4.79 Å². The number of rotatable bonds is 4. The van der Waals surface area contributed by atoms with Gasteiger partial charge in [-0.3, -0.25) is 9.69 Å². The van der Waals surface area contributed by atoms with Crippen LogP contribution >= 0.6 is 0 Å². The number of carbonyl (C=O) groups is 1. The minimum Gasteiger partial charge on any atom is -0.481 e. The summed E-state index contributed by atoms with van der Waals surface area (Å²) < 4.78 is 0. The van der Waals surface area contributed by atoms with Gasteiger partial charge in [-0.15, -0.1) is 0 Å². The highest BCUT2D eigenvalue weighted by Crippen LogP contribution is 2.38. The standard InChI is InChI=1S/C18H25NO2/c20-18(21)12-14-10-11-19(13-14)17-9-5-4-8-16(17)15-6-2-1-3-7-15/h1-3,6-7,14,16-17H,4-5,8-13H2,(H,20,21). The van der Waals surface area contributed by atoms with E-state index >= 15 is 0 Å². The van der Waals surface area contributed by atoms with Gasteiger partial charge in [-0.05, 0) is 43.2 Å². The van der Waals surface area contributed by atoms with E-state index in [1.807, 2.05) is 0 Å². The van der Waals surface area contributed by atoms with Crippen molar-refractivity contribution in [2.24, 2.45) is 5.92 Å². The van der Waals surface area contributed by atoms with Gasteiger partial charge < -0.3 is 5.11 Å². The van der Waals surface area contributed by atoms with Crippen LogP contribution in [0.15, 0.2) is 30.3 Å². The molecule has 3 unspecified atom stereocenters. The fourth-order valence-electron chi connectivity index (χ4n) is 4.21. The third-order valence-electron chi connectivity index (χ3n) is 5.21. The molecule has 0 aromatic heterocycles. The summed E-state index contributed by atoms with van der Waals surface area (Å²) in [5, 5.41) is 8.98. The smallest absolute Gasteiger partial charge is 0.303 e. The van der Waals surface area contributed by atoms with Gasteiger partial charge in [0.2, 0.25) is 0 Å². The first-order valence-electron chi connectivity index (χ1n) is 8.25. The largest absolute Gasteiger partial charge is 0.481 e. The predicted octanol–water partition coefficient (Wildman–Crippen LogP) is 3.51. The Bertz CT molecular complexity index is 473. The highest BCUT2D eigenvalue weighted by molar-refractivity contribution is 5.67. The Labute approximate surface area is 127 Å². The van der Waals surface area contributed by atoms with Gasteiger partial charge in [0.15, 0.2) is 0 Å². The normalized spacial score (nSPS) is 30.4. The molecule has 2 aliphatic rings. The van der Waals surface area contributed by atoms with E-state index in [9.17, 15) is 4.79 Å². The van der Waals surface area contributed by atoms with Crippen molar-refractivity contribution in [2.45, 2.75) is 50.5 Å². The van der Waals surface area contributed by atoms with E-state index in [1.54, 1.807) is 0 Å². The van der Waals surface area contributed by atoms with E-state index in [2.05, 4.69) is 35.2 Å². The summed E-state index contributed by atoms with van der Waals surface area (Å²) in [5.41, 5.74) is 1.46. The van der Waals surface area contributed by atoms with E-state index in [-0.39, 0.29) is 0 Å². The number of carboxylic acids is 1. The zero-order valence-electron chi connectivity index (χ0n) is 12.6. The summed E-state index contributed by atoms with van der Waals surface area (Å²) in [6.45, 7) is 2.05. The molecule has 114 valence electrons. The molecule has 3 atom stereocenters. The first-order valence-corrected chi connectivity index (χ1v) is 8.25. The third kappa shape index (κ3) is 3.46. The second kappa shape index (κ2) is 6.61. The van der Waals surface area contributed by atoms with Gasteiger partial charge in [-0.2, -0.15) is 0 Å². The highest BCUT2D eigenvalue weighted by Gasteiger charge is 2.35. The topological polar surface area (TPSA) is 40.5 Å². The van der Waals surface area contributed by atoms with Crippen LogP contribution in [0.5, 0.6) is 0 Å². The zero-order valence-corrected chi connectivity index (χ0v) is 12.6. The van der Waals surface area contributed by atoms with Crippen molar-refractivity contribution < 1.29 is 9.90 Å². The van der Waals surface area contributed by atoms with E-state index in [0.29, 0.717) is 24.3 Å². The Balaban J connectivity index is 1.69. The maximum absolute atomic E-state index is 10.9. The number of nitrogens with zero attached hydrogens (tertiary/aromatic N) is 1. The SMILES string of the molecule is O=C(O)CC1CCN(C2CCCCC2c2ccccc2)C1. The van der Waals surface area contributed by atoms with Gasteiger partial charge in [0.25, 0.3) is 0 Å². The molecule has 1 N–H and O–H groups in total. The Morgan fingerprint density at radius 2 is 1.90 bits per heavy atom. The summed E-state index contributed by atoms with van der Waals surface area (Å²) in [7, 11) is 0. The molecule has 2 fully saturated rings. The zero-order chi connectivity index (χ0) is 14.7. The van der Waals surface area contributed by atoms with Gasteiger partial charge in [-0.1, -0.05) is 43.2 Å². The van der Waals surface area contributed by atoms with E-state index in [0.717, 1.165) is 19.5 Å². The summed E-state index contributed by atoms with van der Waals surface area (Å²) in [5.74, 6) is 0.328. The maximum atomic E-state index is 10.9. The van der Waals surface area contributed by atoms with Gasteiger partial charge >= 0.3 is 5.97 Å². The molecule has 0 spiro atoms. The number of hydrogen-bond acceptors (Lipinski definition) is 2. The molecular weight excluding hydrogens is 262 g/mol. The molecule has 0 bridgehead atoms. The molecular formula is C18H25NO2. The molecule has 3 nitrogen and oxygen atoms in total. The molecule has 1 aromatic carbocycles. The second-order valence-electron chi connectivity index (χ2n) is 6.62. The van der Waals surface area contributed by atoms with Crippen LogP contribution in [-0.4, -0.2) is 35.1 Å². The molecule has 1 aliphatic carbocycles. The lowest BCUT2D eigenvalue weighted by atomic mass is 9.79. The van der Waals surface area contributed by atoms with Gasteiger partial charge in [0, 0.05) is 19.0 Å². The summed E-state index contributed by atoms with van der Waals surface area (Å²) in [4.78, 5) is 13.5. The Hall–Kier alpha value is -1.35. The van der Waals surface area contributed by atoms with Crippen molar-refractivity contribution >= 4 is 5.97 Å². The molecule has 3 heteroatoms. The van der Waals surface area contributed by atoms with Crippen LogP contribution in [0.4, 0.5) is 0 Å². The summed E-state index contributed by atoms with van der Waals surface area (Å²) in [6.07, 6.45) is 6.55.